The number of hydrogen-bond acceptors (Lipinski definition) is 4. The Hall–Kier alpha value is -0.780. The molecule has 0 bridgehead atoms. The van der Waals surface area contributed by atoms with Gasteiger partial charge in [0.1, 0.15) is 6.29 Å². The van der Waals surface area contributed by atoms with E-state index in [4.69, 9.17) is 4.74 Å². The lowest BCUT2D eigenvalue weighted by Crippen LogP contribution is -2.37. The van der Waals surface area contributed by atoms with Crippen molar-refractivity contribution in [1.82, 2.24) is 9.88 Å². The lowest BCUT2D eigenvalue weighted by atomic mass is 10.1. The topological polar surface area (TPSA) is 42.4 Å². The molecule has 2 heterocycles. The summed E-state index contributed by atoms with van der Waals surface area (Å²) in [4.78, 5) is 16.7. The Morgan fingerprint density at radius 1 is 1.44 bits per heavy atom. The molecule has 98 valence electrons. The van der Waals surface area contributed by atoms with Crippen molar-refractivity contribution < 1.29 is 9.53 Å². The molecular formula is C13H17BrN2O2. The van der Waals surface area contributed by atoms with Crippen LogP contribution in [0.25, 0.3) is 0 Å². The fourth-order valence-electron chi connectivity index (χ4n) is 2.11. The number of likely N-dealkylation sites (tertiary alicyclic amines) is 1. The van der Waals surface area contributed by atoms with Crippen LogP contribution in [0.5, 0.6) is 0 Å². The molecule has 0 spiro atoms. The minimum atomic E-state index is 0.298. The largest absolute Gasteiger partial charge is 0.373 e. The van der Waals surface area contributed by atoms with Crippen molar-refractivity contribution in [1.29, 1.82) is 0 Å². The molecule has 1 saturated heterocycles. The third-order valence-electron chi connectivity index (χ3n) is 3.11. The van der Waals surface area contributed by atoms with Gasteiger partial charge in [-0.2, -0.15) is 0 Å². The molecular weight excluding hydrogens is 296 g/mol. The number of carbonyl (C=O) groups excluding carboxylic acids is 1. The molecule has 4 nitrogen and oxygen atoms in total. The number of halogens is 1. The van der Waals surface area contributed by atoms with Crippen LogP contribution in [0, 0.1) is 0 Å². The second-order valence-corrected chi connectivity index (χ2v) is 5.40. The molecule has 1 fully saturated rings. The second-order valence-electron chi connectivity index (χ2n) is 4.49. The van der Waals surface area contributed by atoms with Crippen LogP contribution in [0.2, 0.25) is 0 Å². The van der Waals surface area contributed by atoms with Gasteiger partial charge in [0.05, 0.1) is 19.3 Å². The van der Waals surface area contributed by atoms with Gasteiger partial charge in [0, 0.05) is 30.0 Å². The summed E-state index contributed by atoms with van der Waals surface area (Å²) in [5.74, 6) is 0. The normalized spacial score (nSPS) is 17.8. The molecule has 1 aliphatic rings. The minimum Gasteiger partial charge on any atom is -0.373 e. The summed E-state index contributed by atoms with van der Waals surface area (Å²) in [5.41, 5.74) is 1.08. The summed E-state index contributed by atoms with van der Waals surface area (Å²) in [6.45, 7) is 3.04. The maximum atomic E-state index is 10.4. The number of hydrogen-bond donors (Lipinski definition) is 0. The molecule has 0 atom stereocenters. The first kappa shape index (κ1) is 13.6. The van der Waals surface area contributed by atoms with Crippen molar-refractivity contribution >= 4 is 22.2 Å². The third kappa shape index (κ3) is 4.15. The molecule has 0 unspecified atom stereocenters. The standard InChI is InChI=1S/C13H17BrN2O2/c14-12-7-11(8-15-9-12)10-18-13-1-3-16(4-2-13)5-6-17/h6-9,13H,1-5,10H2. The third-order valence-corrected chi connectivity index (χ3v) is 3.55. The van der Waals surface area contributed by atoms with Crippen molar-refractivity contribution in [3.05, 3.63) is 28.5 Å². The fraction of sp³-hybridized carbons (Fsp3) is 0.538. The first-order valence-corrected chi connectivity index (χ1v) is 6.94. The Morgan fingerprint density at radius 3 is 2.89 bits per heavy atom. The van der Waals surface area contributed by atoms with Gasteiger partial charge in [-0.25, -0.2) is 0 Å². The number of nitrogens with zero attached hydrogens (tertiary/aromatic N) is 2. The van der Waals surface area contributed by atoms with E-state index in [2.05, 4.69) is 25.8 Å². The Bertz CT molecular complexity index is 392. The minimum absolute atomic E-state index is 0.298. The smallest absolute Gasteiger partial charge is 0.133 e. The molecule has 0 aromatic carbocycles. The average molecular weight is 313 g/mol. The van der Waals surface area contributed by atoms with Gasteiger partial charge in [-0.15, -0.1) is 0 Å². The average Bonchev–Trinajstić information content (AvgIpc) is 2.38. The highest BCUT2D eigenvalue weighted by Gasteiger charge is 2.19. The SMILES string of the molecule is O=CCN1CCC(OCc2cncc(Br)c2)CC1. The van der Waals surface area contributed by atoms with Crippen LogP contribution in [-0.2, 0) is 16.1 Å². The number of aromatic nitrogens is 1. The van der Waals surface area contributed by atoms with Gasteiger partial charge in [0.25, 0.3) is 0 Å². The zero-order chi connectivity index (χ0) is 12.8. The summed E-state index contributed by atoms with van der Waals surface area (Å²) >= 11 is 3.40. The van der Waals surface area contributed by atoms with Crippen molar-refractivity contribution in [2.75, 3.05) is 19.6 Å². The Labute approximate surface area is 115 Å². The summed E-state index contributed by atoms with van der Waals surface area (Å²) < 4.78 is 6.85. The van der Waals surface area contributed by atoms with E-state index in [0.29, 0.717) is 19.3 Å². The van der Waals surface area contributed by atoms with Crippen LogP contribution in [0.4, 0.5) is 0 Å². The summed E-state index contributed by atoms with van der Waals surface area (Å²) in [6, 6.07) is 2.02. The monoisotopic (exact) mass is 312 g/mol. The van der Waals surface area contributed by atoms with Gasteiger partial charge < -0.3 is 9.53 Å². The zero-order valence-electron chi connectivity index (χ0n) is 10.2. The van der Waals surface area contributed by atoms with Gasteiger partial charge in [0.2, 0.25) is 0 Å². The lowest BCUT2D eigenvalue weighted by Gasteiger charge is -2.30. The van der Waals surface area contributed by atoms with E-state index in [1.807, 2.05) is 12.3 Å². The van der Waals surface area contributed by atoms with Crippen molar-refractivity contribution in [3.63, 3.8) is 0 Å². The van der Waals surface area contributed by atoms with Gasteiger partial charge in [0.15, 0.2) is 0 Å². The molecule has 0 N–H and O–H groups in total. The highest BCUT2D eigenvalue weighted by molar-refractivity contribution is 9.10. The molecule has 5 heteroatoms. The Balaban J connectivity index is 1.73. The number of pyridine rings is 1. The van der Waals surface area contributed by atoms with E-state index in [9.17, 15) is 4.79 Å². The molecule has 1 aromatic heterocycles. The molecule has 0 aliphatic carbocycles. The molecule has 2 rings (SSSR count). The Kier molecular flexibility index (Phi) is 5.28. The van der Waals surface area contributed by atoms with Crippen molar-refractivity contribution in [2.45, 2.75) is 25.6 Å². The molecule has 0 amide bonds. The van der Waals surface area contributed by atoms with Crippen LogP contribution < -0.4 is 0 Å². The number of piperidine rings is 1. The number of ether oxygens (including phenoxy) is 1. The van der Waals surface area contributed by atoms with Crippen molar-refractivity contribution in [3.8, 4) is 0 Å². The Morgan fingerprint density at radius 2 is 2.22 bits per heavy atom. The number of rotatable bonds is 5. The zero-order valence-corrected chi connectivity index (χ0v) is 11.8. The van der Waals surface area contributed by atoms with Crippen LogP contribution >= 0.6 is 15.9 Å². The number of aldehydes is 1. The first-order valence-electron chi connectivity index (χ1n) is 6.15. The van der Waals surface area contributed by atoms with Gasteiger partial charge in [-0.3, -0.25) is 9.88 Å². The molecule has 1 aliphatic heterocycles. The first-order chi connectivity index (χ1) is 8.78. The predicted octanol–water partition coefficient (Wildman–Crippen LogP) is 2.02. The molecule has 18 heavy (non-hydrogen) atoms. The second kappa shape index (κ2) is 6.97. The predicted molar refractivity (Wildman–Crippen MR) is 72.3 cm³/mol. The van der Waals surface area contributed by atoms with E-state index in [1.165, 1.54) is 0 Å². The van der Waals surface area contributed by atoms with E-state index in [-0.39, 0.29) is 0 Å². The summed E-state index contributed by atoms with van der Waals surface area (Å²) in [7, 11) is 0. The molecule has 0 saturated carbocycles. The van der Waals surface area contributed by atoms with Crippen LogP contribution in [0.15, 0.2) is 22.9 Å². The van der Waals surface area contributed by atoms with Crippen LogP contribution in [0.1, 0.15) is 18.4 Å². The highest BCUT2D eigenvalue weighted by atomic mass is 79.9. The van der Waals surface area contributed by atoms with Crippen LogP contribution in [0.3, 0.4) is 0 Å². The van der Waals surface area contributed by atoms with Crippen LogP contribution in [-0.4, -0.2) is 41.9 Å². The van der Waals surface area contributed by atoms with Gasteiger partial charge in [-0.05, 0) is 40.4 Å². The maximum absolute atomic E-state index is 10.4. The molecule has 1 aromatic rings. The fourth-order valence-corrected chi connectivity index (χ4v) is 2.53. The van der Waals surface area contributed by atoms with E-state index in [0.717, 1.165) is 42.3 Å². The highest BCUT2D eigenvalue weighted by Crippen LogP contribution is 2.16. The molecule has 0 radical (unpaired) electrons. The van der Waals surface area contributed by atoms with Gasteiger partial charge >= 0.3 is 0 Å². The summed E-state index contributed by atoms with van der Waals surface area (Å²) in [5, 5.41) is 0. The van der Waals surface area contributed by atoms with E-state index in [1.54, 1.807) is 6.20 Å². The van der Waals surface area contributed by atoms with Gasteiger partial charge in [-0.1, -0.05) is 0 Å². The lowest BCUT2D eigenvalue weighted by molar-refractivity contribution is -0.109. The summed E-state index contributed by atoms with van der Waals surface area (Å²) in [6.07, 6.45) is 6.85. The quantitative estimate of drug-likeness (QED) is 0.780. The maximum Gasteiger partial charge on any atom is 0.133 e. The van der Waals surface area contributed by atoms with E-state index < -0.39 is 0 Å². The van der Waals surface area contributed by atoms with E-state index >= 15 is 0 Å². The number of carbonyl (C=O) groups is 1. The van der Waals surface area contributed by atoms with Crippen molar-refractivity contribution in [2.24, 2.45) is 0 Å².